The number of nitrogens with one attached hydrogen (secondary N) is 1. The third-order valence-corrected chi connectivity index (χ3v) is 4.63. The molecule has 32 heavy (non-hydrogen) atoms. The zero-order valence-corrected chi connectivity index (χ0v) is 18.6. The summed E-state index contributed by atoms with van der Waals surface area (Å²) in [6.07, 6.45) is 1.67. The molecule has 1 aromatic heterocycles. The van der Waals surface area contributed by atoms with Gasteiger partial charge >= 0.3 is 5.97 Å². The van der Waals surface area contributed by atoms with Crippen molar-refractivity contribution in [1.82, 2.24) is 15.1 Å². The van der Waals surface area contributed by atoms with Crippen molar-refractivity contribution in [2.75, 3.05) is 20.8 Å². The van der Waals surface area contributed by atoms with E-state index in [4.69, 9.17) is 14.2 Å². The minimum absolute atomic E-state index is 0.0784. The molecule has 0 aliphatic heterocycles. The van der Waals surface area contributed by atoms with Crippen molar-refractivity contribution < 1.29 is 23.8 Å². The van der Waals surface area contributed by atoms with Crippen LogP contribution in [-0.4, -0.2) is 48.5 Å². The van der Waals surface area contributed by atoms with Crippen LogP contribution in [0.1, 0.15) is 30.8 Å². The number of methoxy groups -OCH3 is 2. The van der Waals surface area contributed by atoms with E-state index in [0.717, 1.165) is 11.3 Å². The van der Waals surface area contributed by atoms with Gasteiger partial charge < -0.3 is 19.5 Å². The molecule has 2 aromatic carbocycles. The van der Waals surface area contributed by atoms with E-state index in [1.807, 2.05) is 36.4 Å². The number of hydrogen-bond donors (Lipinski definition) is 1. The fourth-order valence-corrected chi connectivity index (χ4v) is 3.15. The molecule has 1 amide bonds. The van der Waals surface area contributed by atoms with Crippen molar-refractivity contribution in [1.29, 1.82) is 0 Å². The van der Waals surface area contributed by atoms with E-state index in [2.05, 4.69) is 10.4 Å². The largest absolute Gasteiger partial charge is 0.493 e. The Morgan fingerprint density at radius 3 is 2.41 bits per heavy atom. The Balaban J connectivity index is 1.91. The predicted octanol–water partition coefficient (Wildman–Crippen LogP) is 3.63. The summed E-state index contributed by atoms with van der Waals surface area (Å²) in [5, 5.41) is 7.28. The molecule has 0 unspecified atom stereocenters. The van der Waals surface area contributed by atoms with Crippen LogP contribution < -0.4 is 14.8 Å². The van der Waals surface area contributed by atoms with E-state index in [1.54, 1.807) is 51.1 Å². The maximum Gasteiger partial charge on any atom is 0.307 e. The molecule has 0 fully saturated rings. The van der Waals surface area contributed by atoms with Crippen LogP contribution in [0.3, 0.4) is 0 Å². The molecule has 1 N–H and O–H groups in total. The standard InChI is InChI=1S/C24H27N3O5/c1-16(2)32-22(28)12-13-25-24(29)23-19(15-27(26-23)18-8-6-5-7-9-18)17-10-11-20(30-3)21(14-17)31-4/h5-11,14-16H,12-13H2,1-4H3,(H,25,29). The minimum Gasteiger partial charge on any atom is -0.493 e. The number of rotatable bonds is 9. The number of amides is 1. The smallest absolute Gasteiger partial charge is 0.307 e. The highest BCUT2D eigenvalue weighted by molar-refractivity contribution is 5.99. The number of benzene rings is 2. The first-order valence-corrected chi connectivity index (χ1v) is 10.3. The molecule has 8 heteroatoms. The topological polar surface area (TPSA) is 91.7 Å². The van der Waals surface area contributed by atoms with Crippen molar-refractivity contribution in [2.45, 2.75) is 26.4 Å². The summed E-state index contributed by atoms with van der Waals surface area (Å²) < 4.78 is 17.5. The Hall–Kier alpha value is -3.81. The van der Waals surface area contributed by atoms with Gasteiger partial charge in [0, 0.05) is 18.3 Å². The fraction of sp³-hybridized carbons (Fsp3) is 0.292. The van der Waals surface area contributed by atoms with Crippen LogP contribution in [-0.2, 0) is 9.53 Å². The average molecular weight is 437 g/mol. The van der Waals surface area contributed by atoms with E-state index < -0.39 is 0 Å². The molecule has 0 saturated heterocycles. The Morgan fingerprint density at radius 2 is 1.75 bits per heavy atom. The summed E-state index contributed by atoms with van der Waals surface area (Å²) in [5.41, 5.74) is 2.42. The van der Waals surface area contributed by atoms with Crippen molar-refractivity contribution in [2.24, 2.45) is 0 Å². The second-order valence-electron chi connectivity index (χ2n) is 7.29. The molecule has 0 aliphatic rings. The van der Waals surface area contributed by atoms with Gasteiger partial charge in [0.2, 0.25) is 0 Å². The lowest BCUT2D eigenvalue weighted by Gasteiger charge is -2.10. The van der Waals surface area contributed by atoms with Gasteiger partial charge in [0.15, 0.2) is 17.2 Å². The van der Waals surface area contributed by atoms with Crippen LogP contribution in [0.2, 0.25) is 0 Å². The minimum atomic E-state index is -0.387. The Labute approximate surface area is 187 Å². The molecule has 0 saturated carbocycles. The lowest BCUT2D eigenvalue weighted by molar-refractivity contribution is -0.147. The highest BCUT2D eigenvalue weighted by atomic mass is 16.5. The van der Waals surface area contributed by atoms with Crippen LogP contribution in [0, 0.1) is 0 Å². The molecular weight excluding hydrogens is 410 g/mol. The normalized spacial score (nSPS) is 10.7. The first-order chi connectivity index (χ1) is 15.4. The third-order valence-electron chi connectivity index (χ3n) is 4.63. The monoisotopic (exact) mass is 437 g/mol. The summed E-state index contributed by atoms with van der Waals surface area (Å²) in [6.45, 7) is 3.71. The summed E-state index contributed by atoms with van der Waals surface area (Å²) in [6, 6.07) is 14.9. The predicted molar refractivity (Wildman–Crippen MR) is 120 cm³/mol. The van der Waals surface area contributed by atoms with E-state index in [9.17, 15) is 9.59 Å². The summed E-state index contributed by atoms with van der Waals surface area (Å²) >= 11 is 0. The van der Waals surface area contributed by atoms with Crippen molar-refractivity contribution in [3.05, 3.63) is 60.4 Å². The first-order valence-electron chi connectivity index (χ1n) is 10.3. The highest BCUT2D eigenvalue weighted by Gasteiger charge is 2.20. The molecule has 0 radical (unpaired) electrons. The van der Waals surface area contributed by atoms with Gasteiger partial charge in [-0.05, 0) is 43.7 Å². The van der Waals surface area contributed by atoms with E-state index >= 15 is 0 Å². The van der Waals surface area contributed by atoms with Crippen LogP contribution in [0.25, 0.3) is 16.8 Å². The number of hydrogen-bond acceptors (Lipinski definition) is 6. The maximum atomic E-state index is 13.0. The number of ether oxygens (including phenoxy) is 3. The van der Waals surface area contributed by atoms with E-state index in [1.165, 1.54) is 0 Å². The molecule has 168 valence electrons. The molecule has 8 nitrogen and oxygen atoms in total. The van der Waals surface area contributed by atoms with E-state index in [-0.39, 0.29) is 36.6 Å². The van der Waals surface area contributed by atoms with Gasteiger partial charge in [-0.1, -0.05) is 24.3 Å². The second kappa shape index (κ2) is 10.5. The summed E-state index contributed by atoms with van der Waals surface area (Å²) in [4.78, 5) is 24.7. The molecule has 0 atom stereocenters. The summed E-state index contributed by atoms with van der Waals surface area (Å²) in [5.74, 6) is 0.374. The molecule has 0 bridgehead atoms. The van der Waals surface area contributed by atoms with Crippen LogP contribution >= 0.6 is 0 Å². The molecule has 1 heterocycles. The number of nitrogens with zero attached hydrogens (tertiary/aromatic N) is 2. The Morgan fingerprint density at radius 1 is 1.03 bits per heavy atom. The Bertz CT molecular complexity index is 1080. The maximum absolute atomic E-state index is 13.0. The number of aromatic nitrogens is 2. The SMILES string of the molecule is COc1ccc(-c2cn(-c3ccccc3)nc2C(=O)NCCC(=O)OC(C)C)cc1OC. The fourth-order valence-electron chi connectivity index (χ4n) is 3.15. The molecule has 0 aliphatic carbocycles. The molecule has 3 rings (SSSR count). The van der Waals surface area contributed by atoms with Gasteiger partial charge in [0.25, 0.3) is 5.91 Å². The highest BCUT2D eigenvalue weighted by Crippen LogP contribution is 2.34. The lowest BCUT2D eigenvalue weighted by atomic mass is 10.1. The van der Waals surface area contributed by atoms with Gasteiger partial charge in [-0.2, -0.15) is 5.10 Å². The molecule has 3 aromatic rings. The van der Waals surface area contributed by atoms with Gasteiger partial charge in [0.1, 0.15) is 0 Å². The zero-order valence-electron chi connectivity index (χ0n) is 18.6. The van der Waals surface area contributed by atoms with Gasteiger partial charge in [-0.25, -0.2) is 4.68 Å². The van der Waals surface area contributed by atoms with Gasteiger partial charge in [0.05, 0.1) is 32.4 Å². The van der Waals surface area contributed by atoms with Crippen molar-refractivity contribution in [3.8, 4) is 28.3 Å². The molecular formula is C24H27N3O5. The van der Waals surface area contributed by atoms with E-state index in [0.29, 0.717) is 17.1 Å². The molecule has 0 spiro atoms. The number of esters is 1. The Kier molecular flexibility index (Phi) is 7.49. The summed E-state index contributed by atoms with van der Waals surface area (Å²) in [7, 11) is 3.12. The van der Waals surface area contributed by atoms with Crippen molar-refractivity contribution in [3.63, 3.8) is 0 Å². The zero-order chi connectivity index (χ0) is 23.1. The van der Waals surface area contributed by atoms with Gasteiger partial charge in [-0.15, -0.1) is 0 Å². The number of carbonyl (C=O) groups is 2. The van der Waals surface area contributed by atoms with Crippen LogP contribution in [0.15, 0.2) is 54.7 Å². The van der Waals surface area contributed by atoms with Gasteiger partial charge in [-0.3, -0.25) is 9.59 Å². The first kappa shape index (κ1) is 22.9. The second-order valence-corrected chi connectivity index (χ2v) is 7.29. The van der Waals surface area contributed by atoms with Crippen LogP contribution in [0.4, 0.5) is 0 Å². The van der Waals surface area contributed by atoms with Crippen LogP contribution in [0.5, 0.6) is 11.5 Å². The third kappa shape index (κ3) is 5.46. The van der Waals surface area contributed by atoms with Crippen molar-refractivity contribution >= 4 is 11.9 Å². The quantitative estimate of drug-likeness (QED) is 0.514. The average Bonchev–Trinajstić information content (AvgIpc) is 3.24. The lowest BCUT2D eigenvalue weighted by Crippen LogP contribution is -2.28. The number of carbonyl (C=O) groups excluding carboxylic acids is 2. The number of para-hydroxylation sites is 1.